The van der Waals surface area contributed by atoms with Crippen molar-refractivity contribution in [3.8, 4) is 0 Å². The summed E-state index contributed by atoms with van der Waals surface area (Å²) in [7, 11) is 0. The second-order valence-electron chi connectivity index (χ2n) is 6.04. The summed E-state index contributed by atoms with van der Waals surface area (Å²) in [5, 5.41) is 2.82. The van der Waals surface area contributed by atoms with Crippen LogP contribution in [0.1, 0.15) is 13.8 Å². The Balaban J connectivity index is 0.00000208. The second-order valence-corrected chi connectivity index (χ2v) is 6.04. The molecule has 1 aliphatic heterocycles. The van der Waals surface area contributed by atoms with Crippen LogP contribution in [0.5, 0.6) is 0 Å². The zero-order valence-corrected chi connectivity index (χ0v) is 14.6. The maximum Gasteiger partial charge on any atom is 0.298 e. The summed E-state index contributed by atoms with van der Waals surface area (Å²) in [6.07, 6.45) is 0. The van der Waals surface area contributed by atoms with Crippen LogP contribution in [0.2, 0.25) is 0 Å². The number of nitrogens with zero attached hydrogens (tertiary/aromatic N) is 2. The van der Waals surface area contributed by atoms with Gasteiger partial charge in [0, 0.05) is 24.8 Å². The molecule has 2 heterocycles. The molecule has 0 aliphatic carbocycles. The summed E-state index contributed by atoms with van der Waals surface area (Å²) < 4.78 is 11.1. The molecule has 132 valence electrons. The Kier molecular flexibility index (Phi) is 6.04. The van der Waals surface area contributed by atoms with Gasteiger partial charge in [-0.2, -0.15) is 4.98 Å². The SMILES string of the molecule is CC(C)[C@H](N)C(=O)Nc1ccc2nc(N3CCOCC3)oc2c1.Cl. The average molecular weight is 355 g/mol. The normalized spacial score (nSPS) is 16.1. The van der Waals surface area contributed by atoms with Crippen LogP contribution in [0.3, 0.4) is 0 Å². The Morgan fingerprint density at radius 2 is 2.04 bits per heavy atom. The van der Waals surface area contributed by atoms with E-state index in [4.69, 9.17) is 14.9 Å². The Bertz CT molecular complexity index is 698. The van der Waals surface area contributed by atoms with Gasteiger partial charge in [-0.05, 0) is 18.1 Å². The minimum atomic E-state index is -0.538. The molecule has 7 nitrogen and oxygen atoms in total. The van der Waals surface area contributed by atoms with Crippen LogP contribution in [0.25, 0.3) is 11.1 Å². The fourth-order valence-corrected chi connectivity index (χ4v) is 2.41. The smallest absolute Gasteiger partial charge is 0.298 e. The van der Waals surface area contributed by atoms with Crippen molar-refractivity contribution < 1.29 is 13.9 Å². The molecule has 0 unspecified atom stereocenters. The van der Waals surface area contributed by atoms with Gasteiger partial charge >= 0.3 is 0 Å². The Labute approximate surface area is 146 Å². The molecular weight excluding hydrogens is 332 g/mol. The lowest BCUT2D eigenvalue weighted by atomic mass is 10.0. The van der Waals surface area contributed by atoms with Crippen molar-refractivity contribution in [2.24, 2.45) is 11.7 Å². The number of rotatable bonds is 4. The lowest BCUT2D eigenvalue weighted by Crippen LogP contribution is -2.39. The minimum Gasteiger partial charge on any atom is -0.423 e. The van der Waals surface area contributed by atoms with E-state index in [-0.39, 0.29) is 24.2 Å². The monoisotopic (exact) mass is 354 g/mol. The summed E-state index contributed by atoms with van der Waals surface area (Å²) in [5.74, 6) is -0.121. The molecule has 2 aromatic rings. The number of ether oxygens (including phenoxy) is 1. The molecular formula is C16H23ClN4O3. The van der Waals surface area contributed by atoms with Gasteiger partial charge < -0.3 is 25.1 Å². The van der Waals surface area contributed by atoms with Crippen molar-refractivity contribution in [3.63, 3.8) is 0 Å². The highest BCUT2D eigenvalue weighted by Crippen LogP contribution is 2.25. The molecule has 1 saturated heterocycles. The van der Waals surface area contributed by atoms with Crippen LogP contribution < -0.4 is 16.0 Å². The maximum absolute atomic E-state index is 12.0. The number of nitrogens with two attached hydrogens (primary N) is 1. The van der Waals surface area contributed by atoms with Crippen molar-refractivity contribution in [2.45, 2.75) is 19.9 Å². The average Bonchev–Trinajstić information content (AvgIpc) is 2.98. The van der Waals surface area contributed by atoms with Crippen LogP contribution in [-0.4, -0.2) is 43.2 Å². The molecule has 1 aromatic carbocycles. The van der Waals surface area contributed by atoms with Gasteiger partial charge in [0.25, 0.3) is 6.01 Å². The van der Waals surface area contributed by atoms with Crippen LogP contribution in [0, 0.1) is 5.92 Å². The van der Waals surface area contributed by atoms with Gasteiger partial charge in [0.2, 0.25) is 5.91 Å². The van der Waals surface area contributed by atoms with Crippen LogP contribution in [0.4, 0.5) is 11.7 Å². The summed E-state index contributed by atoms with van der Waals surface area (Å²) >= 11 is 0. The van der Waals surface area contributed by atoms with Crippen molar-refractivity contribution >= 4 is 41.1 Å². The predicted octanol–water partition coefficient (Wildman–Crippen LogP) is 2.01. The molecule has 1 aromatic heterocycles. The summed E-state index contributed by atoms with van der Waals surface area (Å²) in [6.45, 7) is 6.70. The number of aromatic nitrogens is 1. The van der Waals surface area contributed by atoms with Crippen molar-refractivity contribution in [2.75, 3.05) is 36.5 Å². The molecule has 8 heteroatoms. The van der Waals surface area contributed by atoms with Gasteiger partial charge in [-0.15, -0.1) is 12.4 Å². The van der Waals surface area contributed by atoms with Crippen molar-refractivity contribution in [3.05, 3.63) is 18.2 Å². The van der Waals surface area contributed by atoms with Crippen LogP contribution >= 0.6 is 12.4 Å². The third kappa shape index (κ3) is 3.98. The summed E-state index contributed by atoms with van der Waals surface area (Å²) in [5.41, 5.74) is 7.91. The molecule has 1 atom stereocenters. The first-order valence-corrected chi connectivity index (χ1v) is 7.84. The van der Waals surface area contributed by atoms with E-state index >= 15 is 0 Å². The number of hydrogen-bond acceptors (Lipinski definition) is 6. The number of amides is 1. The number of benzene rings is 1. The number of nitrogens with one attached hydrogen (secondary N) is 1. The fraction of sp³-hybridized carbons (Fsp3) is 0.500. The third-order valence-electron chi connectivity index (χ3n) is 3.95. The van der Waals surface area contributed by atoms with Gasteiger partial charge in [0.1, 0.15) is 5.52 Å². The van der Waals surface area contributed by atoms with Crippen molar-refractivity contribution in [1.29, 1.82) is 0 Å². The molecule has 24 heavy (non-hydrogen) atoms. The first-order valence-electron chi connectivity index (χ1n) is 7.84. The first kappa shape index (κ1) is 18.5. The van der Waals surface area contributed by atoms with E-state index in [1.807, 2.05) is 19.9 Å². The largest absolute Gasteiger partial charge is 0.423 e. The number of morpholine rings is 1. The number of hydrogen-bond donors (Lipinski definition) is 2. The van der Waals surface area contributed by atoms with E-state index in [1.165, 1.54) is 0 Å². The highest BCUT2D eigenvalue weighted by molar-refractivity contribution is 5.96. The number of anilines is 2. The molecule has 0 spiro atoms. The van der Waals surface area contributed by atoms with Gasteiger partial charge in [-0.3, -0.25) is 4.79 Å². The number of oxazole rings is 1. The standard InChI is InChI=1S/C16H22N4O3.ClH/c1-10(2)14(17)15(21)18-11-3-4-12-13(9-11)23-16(19-12)20-5-7-22-8-6-20;/h3-4,9-10,14H,5-8,17H2,1-2H3,(H,18,21);1H/t14-;/m0./s1. The van der Waals surface area contributed by atoms with Crippen LogP contribution in [0.15, 0.2) is 22.6 Å². The van der Waals surface area contributed by atoms with E-state index < -0.39 is 6.04 Å². The minimum absolute atomic E-state index is 0. The third-order valence-corrected chi connectivity index (χ3v) is 3.95. The highest BCUT2D eigenvalue weighted by Gasteiger charge is 2.19. The molecule has 1 amide bonds. The molecule has 3 rings (SSSR count). The predicted molar refractivity (Wildman–Crippen MR) is 95.7 cm³/mol. The quantitative estimate of drug-likeness (QED) is 0.872. The van der Waals surface area contributed by atoms with Gasteiger partial charge in [0.15, 0.2) is 5.58 Å². The number of fused-ring (bicyclic) bond motifs is 1. The summed E-state index contributed by atoms with van der Waals surface area (Å²) in [4.78, 5) is 18.6. The van der Waals surface area contributed by atoms with Gasteiger partial charge in [-0.25, -0.2) is 0 Å². The van der Waals surface area contributed by atoms with Gasteiger partial charge in [0.05, 0.1) is 19.3 Å². The molecule has 1 aliphatic rings. The first-order chi connectivity index (χ1) is 11.0. The molecule has 0 bridgehead atoms. The Morgan fingerprint density at radius 3 is 2.71 bits per heavy atom. The highest BCUT2D eigenvalue weighted by atomic mass is 35.5. The second kappa shape index (κ2) is 7.83. The number of carbonyl (C=O) groups excluding carboxylic acids is 1. The molecule has 1 fully saturated rings. The number of halogens is 1. The molecule has 0 radical (unpaired) electrons. The maximum atomic E-state index is 12.0. The lowest BCUT2D eigenvalue weighted by Gasteiger charge is -2.24. The van der Waals surface area contributed by atoms with Crippen molar-refractivity contribution in [1.82, 2.24) is 4.98 Å². The van der Waals surface area contributed by atoms with E-state index in [9.17, 15) is 4.79 Å². The Morgan fingerprint density at radius 1 is 1.33 bits per heavy atom. The van der Waals surface area contributed by atoms with Gasteiger partial charge in [-0.1, -0.05) is 13.8 Å². The fourth-order valence-electron chi connectivity index (χ4n) is 2.41. The topological polar surface area (TPSA) is 93.6 Å². The zero-order valence-electron chi connectivity index (χ0n) is 13.8. The molecule has 0 saturated carbocycles. The van der Waals surface area contributed by atoms with Crippen LogP contribution in [-0.2, 0) is 9.53 Å². The van der Waals surface area contributed by atoms with E-state index in [1.54, 1.807) is 12.1 Å². The lowest BCUT2D eigenvalue weighted by molar-refractivity contribution is -0.118. The van der Waals surface area contributed by atoms with E-state index in [0.29, 0.717) is 30.5 Å². The summed E-state index contributed by atoms with van der Waals surface area (Å²) in [6, 6.07) is 5.46. The van der Waals surface area contributed by atoms with E-state index in [0.717, 1.165) is 18.6 Å². The molecule has 3 N–H and O–H groups in total. The number of carbonyl (C=O) groups is 1. The Hall–Kier alpha value is -1.83. The van der Waals surface area contributed by atoms with E-state index in [2.05, 4.69) is 15.2 Å². The zero-order chi connectivity index (χ0) is 16.4.